The highest BCUT2D eigenvalue weighted by Gasteiger charge is 2.48. The van der Waals surface area contributed by atoms with Crippen molar-refractivity contribution in [3.63, 3.8) is 0 Å². The molecular weight excluding hydrogens is 342 g/mol. The second-order valence-electron chi connectivity index (χ2n) is 8.57. The summed E-state index contributed by atoms with van der Waals surface area (Å²) < 4.78 is 11.9. The van der Waals surface area contributed by atoms with Gasteiger partial charge in [-0.3, -0.25) is 5.43 Å². The molecule has 0 unspecified atom stereocenters. The number of rotatable bonds is 4. The highest BCUT2D eigenvalue weighted by molar-refractivity contribution is 5.42. The van der Waals surface area contributed by atoms with E-state index < -0.39 is 0 Å². The molecule has 1 spiro atoms. The molecule has 7 heteroatoms. The predicted molar refractivity (Wildman–Crippen MR) is 102 cm³/mol. The van der Waals surface area contributed by atoms with Gasteiger partial charge in [-0.15, -0.1) is 0 Å². The number of hydrogen-bond acceptors (Lipinski definition) is 7. The van der Waals surface area contributed by atoms with Crippen LogP contribution in [0.1, 0.15) is 51.3 Å². The number of anilines is 1. The lowest BCUT2D eigenvalue weighted by Crippen LogP contribution is -2.44. The first kappa shape index (κ1) is 17.4. The maximum Gasteiger partial charge on any atom is 0.132 e. The SMILES string of the molecule is CC(C)OC1=CC[C@H]2NN[C@@H](c3cc(N4CCOC5(CC5)C4)ncn3)[C@H]2C1. The average Bonchev–Trinajstić information content (AvgIpc) is 3.27. The quantitative estimate of drug-likeness (QED) is 0.840. The number of morpholine rings is 1. The van der Waals surface area contributed by atoms with Gasteiger partial charge in [0.2, 0.25) is 0 Å². The van der Waals surface area contributed by atoms with Crippen LogP contribution >= 0.6 is 0 Å². The second-order valence-corrected chi connectivity index (χ2v) is 8.57. The molecule has 0 amide bonds. The van der Waals surface area contributed by atoms with Crippen LogP contribution in [0.25, 0.3) is 0 Å². The smallest absolute Gasteiger partial charge is 0.132 e. The van der Waals surface area contributed by atoms with Gasteiger partial charge in [-0.25, -0.2) is 15.4 Å². The van der Waals surface area contributed by atoms with Crippen LogP contribution in [0.3, 0.4) is 0 Å². The number of fused-ring (bicyclic) bond motifs is 1. The van der Waals surface area contributed by atoms with E-state index in [2.05, 4.69) is 51.7 Å². The van der Waals surface area contributed by atoms with E-state index in [0.717, 1.165) is 49.8 Å². The van der Waals surface area contributed by atoms with Crippen molar-refractivity contribution in [3.8, 4) is 0 Å². The molecule has 2 aliphatic heterocycles. The Labute approximate surface area is 160 Å². The van der Waals surface area contributed by atoms with Gasteiger partial charge >= 0.3 is 0 Å². The van der Waals surface area contributed by atoms with Crippen molar-refractivity contribution in [1.29, 1.82) is 0 Å². The normalized spacial score (nSPS) is 31.7. The average molecular weight is 371 g/mol. The second kappa shape index (κ2) is 6.72. The number of hydrazine groups is 1. The predicted octanol–water partition coefficient (Wildman–Crippen LogP) is 2.08. The number of nitrogens with one attached hydrogen (secondary N) is 2. The summed E-state index contributed by atoms with van der Waals surface area (Å²) in [5.74, 6) is 2.57. The Morgan fingerprint density at radius 1 is 1.30 bits per heavy atom. The van der Waals surface area contributed by atoms with Gasteiger partial charge in [0.1, 0.15) is 12.1 Å². The number of nitrogens with zero attached hydrogens (tertiary/aromatic N) is 3. The molecule has 0 aromatic carbocycles. The molecule has 5 rings (SSSR count). The molecule has 7 nitrogen and oxygen atoms in total. The third kappa shape index (κ3) is 3.44. The minimum atomic E-state index is 0.0961. The van der Waals surface area contributed by atoms with E-state index in [9.17, 15) is 0 Å². The zero-order valence-electron chi connectivity index (χ0n) is 16.1. The van der Waals surface area contributed by atoms with Crippen molar-refractivity contribution in [3.05, 3.63) is 29.9 Å². The van der Waals surface area contributed by atoms with Crippen LogP contribution in [0, 0.1) is 5.92 Å². The summed E-state index contributed by atoms with van der Waals surface area (Å²) in [5, 5.41) is 0. The standard InChI is InChI=1S/C20H29N5O2/c1-13(2)27-14-3-4-16-15(9-14)19(24-23-16)17-10-18(22-12-21-17)25-7-8-26-20(11-25)5-6-20/h3,10,12-13,15-16,19,23-24H,4-9,11H2,1-2H3/t15-,16+,19+/m0/s1. The molecule has 146 valence electrons. The van der Waals surface area contributed by atoms with Gasteiger partial charge in [0, 0.05) is 37.5 Å². The van der Waals surface area contributed by atoms with E-state index in [-0.39, 0.29) is 17.7 Å². The van der Waals surface area contributed by atoms with Crippen LogP contribution in [0.2, 0.25) is 0 Å². The molecule has 2 aliphatic carbocycles. The third-order valence-corrected chi connectivity index (χ3v) is 6.17. The Morgan fingerprint density at radius 2 is 2.19 bits per heavy atom. The van der Waals surface area contributed by atoms with Crippen molar-refractivity contribution in [1.82, 2.24) is 20.8 Å². The van der Waals surface area contributed by atoms with Crippen LogP contribution in [0.4, 0.5) is 5.82 Å². The Bertz CT molecular complexity index is 733. The molecule has 27 heavy (non-hydrogen) atoms. The Kier molecular flexibility index (Phi) is 4.33. The molecule has 1 aromatic heterocycles. The van der Waals surface area contributed by atoms with Crippen molar-refractivity contribution in [2.45, 2.75) is 63.3 Å². The first-order chi connectivity index (χ1) is 13.1. The van der Waals surface area contributed by atoms with E-state index >= 15 is 0 Å². The van der Waals surface area contributed by atoms with E-state index in [0.29, 0.717) is 12.0 Å². The summed E-state index contributed by atoms with van der Waals surface area (Å²) in [7, 11) is 0. The number of hydrogen-bond donors (Lipinski definition) is 2. The Hall–Kier alpha value is -1.70. The van der Waals surface area contributed by atoms with Crippen LogP contribution in [-0.2, 0) is 9.47 Å². The summed E-state index contributed by atoms with van der Waals surface area (Å²) in [5.41, 5.74) is 8.09. The fourth-order valence-corrected chi connectivity index (χ4v) is 4.59. The molecule has 0 radical (unpaired) electrons. The fourth-order valence-electron chi connectivity index (χ4n) is 4.59. The molecule has 3 heterocycles. The summed E-state index contributed by atoms with van der Waals surface area (Å²) >= 11 is 0. The summed E-state index contributed by atoms with van der Waals surface area (Å²) in [6, 6.07) is 2.75. The minimum Gasteiger partial charge on any atom is -0.496 e. The third-order valence-electron chi connectivity index (χ3n) is 6.17. The van der Waals surface area contributed by atoms with Crippen molar-refractivity contribution in [2.24, 2.45) is 5.92 Å². The highest BCUT2D eigenvalue weighted by Crippen LogP contribution is 2.43. The maximum absolute atomic E-state index is 5.98. The summed E-state index contributed by atoms with van der Waals surface area (Å²) in [6.07, 6.45) is 8.42. The minimum absolute atomic E-state index is 0.0961. The van der Waals surface area contributed by atoms with Gasteiger partial charge in [-0.1, -0.05) is 0 Å². The van der Waals surface area contributed by atoms with E-state index in [1.807, 2.05) is 0 Å². The monoisotopic (exact) mass is 371 g/mol. The molecule has 3 atom stereocenters. The van der Waals surface area contributed by atoms with Crippen LogP contribution in [0.5, 0.6) is 0 Å². The largest absolute Gasteiger partial charge is 0.496 e. The topological polar surface area (TPSA) is 71.5 Å². The molecule has 2 N–H and O–H groups in total. The van der Waals surface area contributed by atoms with Gasteiger partial charge in [0.15, 0.2) is 0 Å². The summed E-state index contributed by atoms with van der Waals surface area (Å²) in [4.78, 5) is 11.5. The molecule has 4 aliphatic rings. The zero-order valence-corrected chi connectivity index (χ0v) is 16.1. The molecule has 1 saturated carbocycles. The van der Waals surface area contributed by atoms with Gasteiger partial charge < -0.3 is 14.4 Å². The van der Waals surface area contributed by atoms with Gasteiger partial charge in [0.05, 0.1) is 35.8 Å². The van der Waals surface area contributed by atoms with Gasteiger partial charge in [-0.2, -0.15) is 0 Å². The van der Waals surface area contributed by atoms with Crippen molar-refractivity contribution >= 4 is 5.82 Å². The van der Waals surface area contributed by atoms with E-state index in [4.69, 9.17) is 9.47 Å². The molecule has 1 aromatic rings. The Balaban J connectivity index is 1.33. The fraction of sp³-hybridized carbons (Fsp3) is 0.700. The van der Waals surface area contributed by atoms with Crippen LogP contribution in [0.15, 0.2) is 24.2 Å². The lowest BCUT2D eigenvalue weighted by atomic mass is 9.83. The number of aromatic nitrogens is 2. The van der Waals surface area contributed by atoms with Crippen molar-refractivity contribution in [2.75, 3.05) is 24.6 Å². The van der Waals surface area contributed by atoms with E-state index in [1.54, 1.807) is 6.33 Å². The van der Waals surface area contributed by atoms with Gasteiger partial charge in [-0.05, 0) is 39.2 Å². The number of allylic oxidation sites excluding steroid dienone is 1. The zero-order chi connectivity index (χ0) is 18.4. The van der Waals surface area contributed by atoms with Gasteiger partial charge in [0.25, 0.3) is 0 Å². The van der Waals surface area contributed by atoms with Crippen LogP contribution < -0.4 is 15.8 Å². The lowest BCUT2D eigenvalue weighted by Gasteiger charge is -2.34. The molecule has 0 bridgehead atoms. The van der Waals surface area contributed by atoms with Crippen molar-refractivity contribution < 1.29 is 9.47 Å². The highest BCUT2D eigenvalue weighted by atomic mass is 16.5. The molecule has 3 fully saturated rings. The number of ether oxygens (including phenoxy) is 2. The first-order valence-corrected chi connectivity index (χ1v) is 10.2. The molecule has 2 saturated heterocycles. The first-order valence-electron chi connectivity index (χ1n) is 10.2. The maximum atomic E-state index is 5.98. The molecular formula is C20H29N5O2. The Morgan fingerprint density at radius 3 is 3.00 bits per heavy atom. The summed E-state index contributed by atoms with van der Waals surface area (Å²) in [6.45, 7) is 6.80. The van der Waals surface area contributed by atoms with E-state index in [1.165, 1.54) is 12.8 Å². The van der Waals surface area contributed by atoms with Crippen LogP contribution in [-0.4, -0.2) is 47.4 Å². The lowest BCUT2D eigenvalue weighted by molar-refractivity contribution is 0.0203.